The van der Waals surface area contributed by atoms with Gasteiger partial charge in [-0.2, -0.15) is 18.2 Å². The lowest BCUT2D eigenvalue weighted by Gasteiger charge is -2.19. The van der Waals surface area contributed by atoms with Crippen LogP contribution in [0.3, 0.4) is 0 Å². The second-order valence-corrected chi connectivity index (χ2v) is 4.70. The Labute approximate surface area is 112 Å². The van der Waals surface area contributed by atoms with Gasteiger partial charge in [0, 0.05) is 0 Å². The molecule has 0 aliphatic heterocycles. The smallest absolute Gasteiger partial charge is 0.211 e. The van der Waals surface area contributed by atoms with Gasteiger partial charge in [-0.3, -0.25) is 0 Å². The SMILES string of the molecule is O=C=Nc1cc(C(F)(F)F)c(Cl)cc1CC1C=CC1. The minimum Gasteiger partial charge on any atom is -0.211 e. The lowest BCUT2D eigenvalue weighted by molar-refractivity contribution is -0.137. The van der Waals surface area contributed by atoms with E-state index in [1.807, 2.05) is 12.2 Å². The van der Waals surface area contributed by atoms with Gasteiger partial charge in [0.25, 0.3) is 0 Å². The first kappa shape index (κ1) is 13.8. The Balaban J connectivity index is 2.45. The van der Waals surface area contributed by atoms with E-state index in [1.165, 1.54) is 12.1 Å². The molecule has 0 aromatic heterocycles. The summed E-state index contributed by atoms with van der Waals surface area (Å²) in [6, 6.07) is 2.03. The van der Waals surface area contributed by atoms with Crippen LogP contribution in [-0.4, -0.2) is 6.08 Å². The van der Waals surface area contributed by atoms with Gasteiger partial charge in [-0.25, -0.2) is 4.79 Å². The number of carbonyl (C=O) groups excluding carboxylic acids is 1. The average molecular weight is 288 g/mol. The fraction of sp³-hybridized carbons (Fsp3) is 0.308. The molecule has 1 aliphatic rings. The van der Waals surface area contributed by atoms with Crippen LogP contribution in [0.25, 0.3) is 0 Å². The van der Waals surface area contributed by atoms with Crippen molar-refractivity contribution in [1.82, 2.24) is 0 Å². The second-order valence-electron chi connectivity index (χ2n) is 4.29. The highest BCUT2D eigenvalue weighted by Gasteiger charge is 2.34. The van der Waals surface area contributed by atoms with Crippen molar-refractivity contribution in [1.29, 1.82) is 0 Å². The third-order valence-electron chi connectivity index (χ3n) is 2.97. The molecule has 2 rings (SSSR count). The summed E-state index contributed by atoms with van der Waals surface area (Å²) in [6.45, 7) is 0. The quantitative estimate of drug-likeness (QED) is 0.459. The maximum Gasteiger partial charge on any atom is 0.417 e. The van der Waals surface area contributed by atoms with Crippen molar-refractivity contribution in [3.05, 3.63) is 40.4 Å². The number of aliphatic imine (C=N–C) groups is 1. The number of hydrogen-bond donors (Lipinski definition) is 0. The highest BCUT2D eigenvalue weighted by atomic mass is 35.5. The molecular formula is C13H9ClF3NO. The highest BCUT2D eigenvalue weighted by molar-refractivity contribution is 6.31. The molecule has 0 heterocycles. The van der Waals surface area contributed by atoms with E-state index < -0.39 is 11.7 Å². The number of hydrogen-bond acceptors (Lipinski definition) is 2. The third-order valence-corrected chi connectivity index (χ3v) is 3.28. The van der Waals surface area contributed by atoms with Crippen LogP contribution in [0.4, 0.5) is 18.9 Å². The summed E-state index contributed by atoms with van der Waals surface area (Å²) in [6.07, 6.45) is 2.01. The summed E-state index contributed by atoms with van der Waals surface area (Å²) in [5.41, 5.74) is -0.487. The van der Waals surface area contributed by atoms with Gasteiger partial charge >= 0.3 is 6.18 Å². The van der Waals surface area contributed by atoms with E-state index in [-0.39, 0.29) is 16.6 Å². The molecule has 1 aliphatic carbocycles. The summed E-state index contributed by atoms with van der Waals surface area (Å²) in [7, 11) is 0. The van der Waals surface area contributed by atoms with Crippen LogP contribution in [0.15, 0.2) is 29.3 Å². The lowest BCUT2D eigenvalue weighted by atomic mass is 9.88. The van der Waals surface area contributed by atoms with Crippen molar-refractivity contribution < 1.29 is 18.0 Å². The van der Waals surface area contributed by atoms with E-state index >= 15 is 0 Å². The van der Waals surface area contributed by atoms with Gasteiger partial charge in [0.1, 0.15) is 0 Å². The van der Waals surface area contributed by atoms with Crippen LogP contribution in [0.2, 0.25) is 5.02 Å². The van der Waals surface area contributed by atoms with Crippen LogP contribution in [0, 0.1) is 5.92 Å². The molecule has 6 heteroatoms. The Bertz CT molecular complexity index is 574. The van der Waals surface area contributed by atoms with E-state index in [4.69, 9.17) is 11.6 Å². The predicted molar refractivity (Wildman–Crippen MR) is 65.2 cm³/mol. The Kier molecular flexibility index (Phi) is 3.78. The molecule has 19 heavy (non-hydrogen) atoms. The summed E-state index contributed by atoms with van der Waals surface area (Å²) in [5.74, 6) is 0.258. The molecular weight excluding hydrogens is 279 g/mol. The van der Waals surface area contributed by atoms with Gasteiger partial charge in [0.2, 0.25) is 6.08 Å². The standard InChI is InChI=1S/C13H9ClF3NO/c14-11-5-9(4-8-2-1-3-8)12(18-7-19)6-10(11)13(15,16)17/h1-2,5-6,8H,3-4H2. The van der Waals surface area contributed by atoms with Crippen molar-refractivity contribution in [3.63, 3.8) is 0 Å². The number of halogens is 4. The van der Waals surface area contributed by atoms with Gasteiger partial charge in [-0.15, -0.1) is 0 Å². The van der Waals surface area contributed by atoms with Gasteiger partial charge in [-0.1, -0.05) is 23.8 Å². The average Bonchev–Trinajstić information content (AvgIpc) is 2.25. The van der Waals surface area contributed by atoms with Gasteiger partial charge in [0.05, 0.1) is 16.3 Å². The zero-order chi connectivity index (χ0) is 14.0. The number of alkyl halides is 3. The van der Waals surface area contributed by atoms with Crippen LogP contribution in [0.1, 0.15) is 17.5 Å². The molecule has 0 bridgehead atoms. The largest absolute Gasteiger partial charge is 0.417 e. The Morgan fingerprint density at radius 1 is 1.42 bits per heavy atom. The lowest BCUT2D eigenvalue weighted by Crippen LogP contribution is -2.09. The van der Waals surface area contributed by atoms with Crippen LogP contribution >= 0.6 is 11.6 Å². The molecule has 1 aromatic rings. The van der Waals surface area contributed by atoms with E-state index in [9.17, 15) is 18.0 Å². The number of allylic oxidation sites excluding steroid dienone is 2. The normalized spacial score (nSPS) is 17.8. The monoisotopic (exact) mass is 287 g/mol. The first-order chi connectivity index (χ1) is 8.91. The second kappa shape index (κ2) is 5.19. The fourth-order valence-corrected chi connectivity index (χ4v) is 2.19. The molecule has 1 atom stereocenters. The number of isocyanates is 1. The van der Waals surface area contributed by atoms with E-state index in [2.05, 4.69) is 4.99 Å². The maximum atomic E-state index is 12.7. The molecule has 0 radical (unpaired) electrons. The van der Waals surface area contributed by atoms with E-state index in [0.29, 0.717) is 12.0 Å². The first-order valence-corrected chi connectivity index (χ1v) is 5.93. The van der Waals surface area contributed by atoms with Crippen molar-refractivity contribution in [2.24, 2.45) is 10.9 Å². The van der Waals surface area contributed by atoms with Crippen molar-refractivity contribution >= 4 is 23.4 Å². The van der Waals surface area contributed by atoms with Gasteiger partial charge in [-0.05, 0) is 36.5 Å². The Morgan fingerprint density at radius 3 is 2.58 bits per heavy atom. The Morgan fingerprint density at radius 2 is 2.11 bits per heavy atom. The zero-order valence-electron chi connectivity index (χ0n) is 9.67. The van der Waals surface area contributed by atoms with Gasteiger partial charge < -0.3 is 0 Å². The molecule has 0 fully saturated rings. The number of rotatable bonds is 3. The number of benzene rings is 1. The topological polar surface area (TPSA) is 29.4 Å². The predicted octanol–water partition coefficient (Wildman–Crippen LogP) is 4.44. The molecule has 100 valence electrons. The molecule has 0 N–H and O–H groups in total. The van der Waals surface area contributed by atoms with Crippen molar-refractivity contribution in [3.8, 4) is 0 Å². The third kappa shape index (κ3) is 3.06. The minimum atomic E-state index is -4.57. The molecule has 0 amide bonds. The summed E-state index contributed by atoms with van der Waals surface area (Å²) in [5, 5.41) is -0.379. The summed E-state index contributed by atoms with van der Waals surface area (Å²) >= 11 is 5.65. The zero-order valence-corrected chi connectivity index (χ0v) is 10.4. The molecule has 1 aromatic carbocycles. The van der Waals surface area contributed by atoms with E-state index in [0.717, 1.165) is 12.5 Å². The van der Waals surface area contributed by atoms with Crippen LogP contribution in [0.5, 0.6) is 0 Å². The molecule has 0 saturated heterocycles. The molecule has 0 saturated carbocycles. The maximum absolute atomic E-state index is 12.7. The number of nitrogens with zero attached hydrogens (tertiary/aromatic N) is 1. The van der Waals surface area contributed by atoms with Crippen LogP contribution < -0.4 is 0 Å². The fourth-order valence-electron chi connectivity index (χ4n) is 1.90. The van der Waals surface area contributed by atoms with Crippen LogP contribution in [-0.2, 0) is 17.4 Å². The minimum absolute atomic E-state index is 0.0213. The summed E-state index contributed by atoms with van der Waals surface area (Å²) in [4.78, 5) is 13.7. The summed E-state index contributed by atoms with van der Waals surface area (Å²) < 4.78 is 38.1. The first-order valence-electron chi connectivity index (χ1n) is 5.56. The molecule has 1 unspecified atom stereocenters. The highest BCUT2D eigenvalue weighted by Crippen LogP contribution is 2.39. The van der Waals surface area contributed by atoms with E-state index in [1.54, 1.807) is 0 Å². The van der Waals surface area contributed by atoms with Gasteiger partial charge in [0.15, 0.2) is 0 Å². The van der Waals surface area contributed by atoms with Crippen molar-refractivity contribution in [2.75, 3.05) is 0 Å². The van der Waals surface area contributed by atoms with Crippen molar-refractivity contribution in [2.45, 2.75) is 19.0 Å². The molecule has 2 nitrogen and oxygen atoms in total. The Hall–Kier alpha value is -1.58. The molecule has 0 spiro atoms.